The Morgan fingerprint density at radius 3 is 2.28 bits per heavy atom. The molecule has 3 heterocycles. The third kappa shape index (κ3) is 7.17. The number of hydrogen-bond acceptors (Lipinski definition) is 2. The predicted molar refractivity (Wildman–Crippen MR) is 261 cm³/mol. The maximum atomic E-state index is 9.39. The summed E-state index contributed by atoms with van der Waals surface area (Å²) >= 11 is 0. The number of benzene rings is 6. The summed E-state index contributed by atoms with van der Waals surface area (Å²) in [4.78, 5) is 4.85. The fourth-order valence-corrected chi connectivity index (χ4v) is 10.8. The summed E-state index contributed by atoms with van der Waals surface area (Å²) in [6, 6.07) is 38.4. The van der Waals surface area contributed by atoms with Crippen molar-refractivity contribution in [1.29, 1.82) is 0 Å². The fourth-order valence-electron chi connectivity index (χ4n) is 10.8. The van der Waals surface area contributed by atoms with Crippen molar-refractivity contribution in [2.45, 2.75) is 109 Å². The van der Waals surface area contributed by atoms with Crippen LogP contribution in [0.3, 0.4) is 0 Å². The van der Waals surface area contributed by atoms with Crippen molar-refractivity contribution in [1.82, 2.24) is 14.1 Å². The Morgan fingerprint density at radius 2 is 1.48 bits per heavy atom. The molecule has 0 bridgehead atoms. The average Bonchev–Trinajstić information content (AvgIpc) is 3.84. The molecule has 0 amide bonds. The van der Waals surface area contributed by atoms with Crippen molar-refractivity contribution >= 4 is 32.8 Å². The first kappa shape index (κ1) is 37.4. The monoisotopic (exact) mass is 1040 g/mol. The number of para-hydroxylation sites is 3. The minimum Gasteiger partial charge on any atom is -0.510 e. The molecule has 0 saturated heterocycles. The molecule has 0 radical (unpaired) electrons. The molecule has 5 nitrogen and oxygen atoms in total. The molecule has 0 fully saturated rings. The molecule has 6 heteroatoms. The molecule has 11 rings (SSSR count). The minimum absolute atomic E-state index is 0. The molecule has 0 saturated carbocycles. The minimum atomic E-state index is -0.407. The fraction of sp³-hybridized carbons (Fsp3) is 0.288. The van der Waals surface area contributed by atoms with Crippen molar-refractivity contribution in [2.24, 2.45) is 0 Å². The van der Waals surface area contributed by atoms with E-state index < -0.39 is 6.04 Å². The van der Waals surface area contributed by atoms with Crippen molar-refractivity contribution < 1.29 is 37.2 Å². The van der Waals surface area contributed by atoms with Crippen molar-refractivity contribution in [3.8, 4) is 39.8 Å². The summed E-state index contributed by atoms with van der Waals surface area (Å²) in [5, 5.41) is 2.15. The molecule has 0 spiro atoms. The smallest absolute Gasteiger partial charge is 0.268 e. The van der Waals surface area contributed by atoms with Crippen LogP contribution in [0, 0.1) is 18.5 Å². The molecule has 330 valence electrons. The Kier molecular flexibility index (Phi) is 9.04. The van der Waals surface area contributed by atoms with E-state index in [0.717, 1.165) is 82.0 Å². The zero-order valence-electron chi connectivity index (χ0n) is 43.4. The summed E-state index contributed by atoms with van der Waals surface area (Å²) < 4.78 is 57.9. The van der Waals surface area contributed by atoms with E-state index in [9.17, 15) is 2.74 Å². The molecule has 6 aromatic carbocycles. The first-order valence-electron chi connectivity index (χ1n) is 25.2. The largest absolute Gasteiger partial charge is 0.510 e. The predicted octanol–water partition coefficient (Wildman–Crippen LogP) is 14.3. The van der Waals surface area contributed by atoms with Gasteiger partial charge in [0.1, 0.15) is 5.82 Å². The van der Waals surface area contributed by atoms with Crippen molar-refractivity contribution in [3.63, 3.8) is 0 Å². The van der Waals surface area contributed by atoms with Gasteiger partial charge in [-0.3, -0.25) is 4.57 Å². The Hall–Kier alpha value is -5.77. The first-order chi connectivity index (χ1) is 32.8. The van der Waals surface area contributed by atoms with Crippen molar-refractivity contribution in [3.05, 3.63) is 174 Å². The van der Waals surface area contributed by atoms with Gasteiger partial charge < -0.3 is 13.9 Å². The van der Waals surface area contributed by atoms with Gasteiger partial charge in [-0.1, -0.05) is 146 Å². The molecule has 9 aromatic rings. The second kappa shape index (κ2) is 15.7. The van der Waals surface area contributed by atoms with Crippen LogP contribution in [-0.2, 0) is 42.7 Å². The van der Waals surface area contributed by atoms with Crippen LogP contribution in [0.4, 0.5) is 0 Å². The van der Waals surface area contributed by atoms with Crippen LogP contribution in [0.1, 0.15) is 117 Å². The van der Waals surface area contributed by atoms with Crippen LogP contribution in [0.2, 0.25) is 0 Å². The third-order valence-corrected chi connectivity index (χ3v) is 14.3. The number of pyridine rings is 1. The molecule has 65 heavy (non-hydrogen) atoms. The van der Waals surface area contributed by atoms with Crippen LogP contribution < -0.4 is 9.30 Å². The molecule has 3 aromatic heterocycles. The first-order valence-corrected chi connectivity index (χ1v) is 22.7. The summed E-state index contributed by atoms with van der Waals surface area (Å²) in [6.07, 6.45) is 10.7. The molecule has 0 N–H and O–H groups in total. The van der Waals surface area contributed by atoms with Gasteiger partial charge in [0.2, 0.25) is 0 Å². The van der Waals surface area contributed by atoms with E-state index in [1.54, 1.807) is 0 Å². The summed E-state index contributed by atoms with van der Waals surface area (Å²) in [5.74, 6) is 1.84. The van der Waals surface area contributed by atoms with Crippen LogP contribution in [0.25, 0.3) is 61.2 Å². The number of fused-ring (bicyclic) bond motifs is 4. The van der Waals surface area contributed by atoms with Crippen molar-refractivity contribution in [2.75, 3.05) is 0 Å². The van der Waals surface area contributed by atoms with E-state index in [2.05, 4.69) is 138 Å². The SMILES string of the molecule is [2H]c1c([2H])c([2H])c(-c2cc3c4c(c2-[n+]2[c-]n(-c5[c-]c(Oc6[c-]c7c(cc6)c6ccccc6n7-c6cc(C(C)(C)C)ccn6)ccc5)c5ccccc52)C(C)(C)CCC4(C)CCCC3(C)C)c([2H])c1[2H].[Pt]. The van der Waals surface area contributed by atoms with E-state index >= 15 is 0 Å². The van der Waals surface area contributed by atoms with Gasteiger partial charge >= 0.3 is 0 Å². The zero-order chi connectivity index (χ0) is 48.5. The molecule has 1 atom stereocenters. The van der Waals surface area contributed by atoms with Gasteiger partial charge in [0.15, 0.2) is 0 Å². The summed E-state index contributed by atoms with van der Waals surface area (Å²) in [5.41, 5.74) is 10.0. The van der Waals surface area contributed by atoms with Crippen LogP contribution in [0.15, 0.2) is 133 Å². The molecule has 2 aliphatic rings. The van der Waals surface area contributed by atoms with Gasteiger partial charge in [0.05, 0.1) is 23.6 Å². The second-order valence-electron chi connectivity index (χ2n) is 20.6. The van der Waals surface area contributed by atoms with E-state index in [1.165, 1.54) is 16.7 Å². The maximum absolute atomic E-state index is 9.39. The van der Waals surface area contributed by atoms with Crippen LogP contribution in [0.5, 0.6) is 11.5 Å². The Bertz CT molecular complexity index is 3570. The summed E-state index contributed by atoms with van der Waals surface area (Å²) in [7, 11) is 0. The number of hydrogen-bond donors (Lipinski definition) is 0. The second-order valence-corrected chi connectivity index (χ2v) is 20.6. The maximum Gasteiger partial charge on any atom is 0.268 e. The molecule has 2 aliphatic carbocycles. The number of nitrogens with zero attached hydrogens (tertiary/aromatic N) is 4. The van der Waals surface area contributed by atoms with Crippen LogP contribution >= 0.6 is 0 Å². The van der Waals surface area contributed by atoms with Gasteiger partial charge in [-0.25, -0.2) is 4.98 Å². The van der Waals surface area contributed by atoms with E-state index in [0.29, 0.717) is 22.7 Å². The van der Waals surface area contributed by atoms with Gasteiger partial charge in [0.25, 0.3) is 6.33 Å². The molecule has 0 aliphatic heterocycles. The normalized spacial score (nSPS) is 18.8. The molecular formula is C59H56N4OPt-2. The Balaban J connectivity index is 0.00000567. The quantitative estimate of drug-likeness (QED) is 0.123. The zero-order valence-corrected chi connectivity index (χ0v) is 40.6. The Labute approximate surface area is 405 Å². The average molecular weight is 1040 g/mol. The van der Waals surface area contributed by atoms with Gasteiger partial charge in [-0.05, 0) is 110 Å². The third-order valence-electron chi connectivity index (χ3n) is 14.3. The number of ether oxygens (including phenoxy) is 1. The Morgan fingerprint density at radius 1 is 0.723 bits per heavy atom. The van der Waals surface area contributed by atoms with E-state index in [1.807, 2.05) is 53.2 Å². The number of aromatic nitrogens is 4. The topological polar surface area (TPSA) is 35.9 Å². The van der Waals surface area contributed by atoms with Gasteiger partial charge in [-0.2, -0.15) is 18.2 Å². The van der Waals surface area contributed by atoms with E-state index in [-0.39, 0.29) is 72.5 Å². The van der Waals surface area contributed by atoms with E-state index in [4.69, 9.17) is 13.8 Å². The number of imidazole rings is 1. The summed E-state index contributed by atoms with van der Waals surface area (Å²) in [6.45, 7) is 18.2. The molecular weight excluding hydrogens is 976 g/mol. The number of rotatable bonds is 6. The standard InChI is InChI=1S/C59H56N4O.Pt/c1-56(2,3)40-28-33-60-52(34-40)63-48-23-13-12-22-44(48)45-27-26-43(36-51(45)63)64-42-21-16-20-41(35-42)61-38-62(50-25-15-14-24-49(50)61)55-46(39-18-10-9-11-19-39)37-47-53-54(55)58(6,7)31-32-59(53,8)30-17-29-57(47,4)5;/h9-16,18-28,33-34,37H,17,29-32H2,1-8H3;/q-2;/i9D,10D,11D,18D,19D;. The molecule has 1 unspecified atom stereocenters. The van der Waals surface area contributed by atoms with Crippen LogP contribution in [-0.4, -0.2) is 14.1 Å². The van der Waals surface area contributed by atoms with Gasteiger partial charge in [-0.15, -0.1) is 29.7 Å². The van der Waals surface area contributed by atoms with Gasteiger partial charge in [0, 0.05) is 44.3 Å².